The number of nitrogens with zero attached hydrogens (tertiary/aromatic N) is 2. The number of aromatic nitrogens is 2. The molecule has 0 fully saturated rings. The standard InChI is InChI=1S/C9H17N5O2/c1-2-7-12-8(3-9(13-7)14-10)11-6(4-15)5-16/h3,6,15-16H,2,4-5,10H2,1H3,(H2,11,12,13,14). The lowest BCUT2D eigenvalue weighted by molar-refractivity contribution is 0.203. The lowest BCUT2D eigenvalue weighted by atomic mass is 10.3. The fourth-order valence-electron chi connectivity index (χ4n) is 1.16. The maximum Gasteiger partial charge on any atom is 0.145 e. The fourth-order valence-corrected chi connectivity index (χ4v) is 1.16. The number of hydrogen-bond donors (Lipinski definition) is 5. The summed E-state index contributed by atoms with van der Waals surface area (Å²) in [6.07, 6.45) is 0.674. The van der Waals surface area contributed by atoms with Gasteiger partial charge < -0.3 is 21.0 Å². The van der Waals surface area contributed by atoms with Crippen LogP contribution in [0.15, 0.2) is 6.07 Å². The normalized spacial score (nSPS) is 10.6. The molecule has 0 unspecified atom stereocenters. The van der Waals surface area contributed by atoms with E-state index in [0.29, 0.717) is 23.9 Å². The van der Waals surface area contributed by atoms with Crippen molar-refractivity contribution in [2.45, 2.75) is 19.4 Å². The lowest BCUT2D eigenvalue weighted by Gasteiger charge is -2.15. The average Bonchev–Trinajstić information content (AvgIpc) is 2.35. The maximum atomic E-state index is 8.93. The zero-order chi connectivity index (χ0) is 12.0. The van der Waals surface area contributed by atoms with Gasteiger partial charge in [-0.1, -0.05) is 6.92 Å². The summed E-state index contributed by atoms with van der Waals surface area (Å²) in [5, 5.41) is 20.7. The molecule has 7 nitrogen and oxygen atoms in total. The average molecular weight is 227 g/mol. The molecule has 0 spiro atoms. The Balaban J connectivity index is 2.85. The summed E-state index contributed by atoms with van der Waals surface area (Å²) < 4.78 is 0. The molecule has 0 saturated carbocycles. The maximum absolute atomic E-state index is 8.93. The molecule has 0 radical (unpaired) electrons. The van der Waals surface area contributed by atoms with Gasteiger partial charge in [0.05, 0.1) is 19.3 Å². The van der Waals surface area contributed by atoms with Gasteiger partial charge in [-0.05, 0) is 0 Å². The molecule has 1 aromatic heterocycles. The number of rotatable bonds is 6. The third-order valence-electron chi connectivity index (χ3n) is 2.03. The van der Waals surface area contributed by atoms with Crippen LogP contribution in [0.2, 0.25) is 0 Å². The van der Waals surface area contributed by atoms with Crippen molar-refractivity contribution < 1.29 is 10.2 Å². The van der Waals surface area contributed by atoms with E-state index in [9.17, 15) is 0 Å². The SMILES string of the molecule is CCc1nc(NN)cc(NC(CO)CO)n1. The van der Waals surface area contributed by atoms with E-state index in [2.05, 4.69) is 20.7 Å². The molecule has 0 aliphatic heterocycles. The van der Waals surface area contributed by atoms with E-state index in [0.717, 1.165) is 0 Å². The highest BCUT2D eigenvalue weighted by Gasteiger charge is 2.08. The highest BCUT2D eigenvalue weighted by Crippen LogP contribution is 2.11. The van der Waals surface area contributed by atoms with Crippen LogP contribution in [0.25, 0.3) is 0 Å². The van der Waals surface area contributed by atoms with Crippen molar-refractivity contribution in [1.29, 1.82) is 0 Å². The third-order valence-corrected chi connectivity index (χ3v) is 2.03. The summed E-state index contributed by atoms with van der Waals surface area (Å²) in [4.78, 5) is 8.31. The summed E-state index contributed by atoms with van der Waals surface area (Å²) in [7, 11) is 0. The summed E-state index contributed by atoms with van der Waals surface area (Å²) in [5.41, 5.74) is 2.44. The molecule has 0 aliphatic carbocycles. The smallest absolute Gasteiger partial charge is 0.145 e. The van der Waals surface area contributed by atoms with Gasteiger partial charge in [0.25, 0.3) is 0 Å². The Kier molecular flexibility index (Phi) is 4.90. The van der Waals surface area contributed by atoms with E-state index >= 15 is 0 Å². The number of aliphatic hydroxyl groups excluding tert-OH is 2. The van der Waals surface area contributed by atoms with Gasteiger partial charge in [0, 0.05) is 12.5 Å². The Morgan fingerprint density at radius 1 is 1.31 bits per heavy atom. The Morgan fingerprint density at radius 3 is 2.44 bits per heavy atom. The van der Waals surface area contributed by atoms with Gasteiger partial charge in [-0.15, -0.1) is 0 Å². The van der Waals surface area contributed by atoms with Crippen LogP contribution >= 0.6 is 0 Å². The van der Waals surface area contributed by atoms with Crippen molar-refractivity contribution in [2.75, 3.05) is 24.0 Å². The van der Waals surface area contributed by atoms with Crippen molar-refractivity contribution in [3.05, 3.63) is 11.9 Å². The van der Waals surface area contributed by atoms with E-state index in [1.165, 1.54) is 0 Å². The van der Waals surface area contributed by atoms with Crippen LogP contribution < -0.4 is 16.6 Å². The van der Waals surface area contributed by atoms with Crippen LogP contribution in [0.4, 0.5) is 11.6 Å². The second-order valence-corrected chi connectivity index (χ2v) is 3.26. The van der Waals surface area contributed by atoms with Crippen LogP contribution in [-0.4, -0.2) is 39.4 Å². The van der Waals surface area contributed by atoms with Gasteiger partial charge in [-0.3, -0.25) is 0 Å². The van der Waals surface area contributed by atoms with Crippen LogP contribution in [0.1, 0.15) is 12.7 Å². The first kappa shape index (κ1) is 12.6. The Bertz CT molecular complexity index is 307. The van der Waals surface area contributed by atoms with Crippen molar-refractivity contribution in [3.63, 3.8) is 0 Å². The molecule has 1 heterocycles. The summed E-state index contributed by atoms with van der Waals surface area (Å²) in [6, 6.07) is 1.17. The molecule has 90 valence electrons. The number of hydrogen-bond acceptors (Lipinski definition) is 7. The number of aryl methyl sites for hydroxylation is 1. The quantitative estimate of drug-likeness (QED) is 0.315. The highest BCUT2D eigenvalue weighted by atomic mass is 16.3. The molecule has 0 atom stereocenters. The van der Waals surface area contributed by atoms with Gasteiger partial charge >= 0.3 is 0 Å². The molecule has 7 heteroatoms. The van der Waals surface area contributed by atoms with E-state index in [1.807, 2.05) is 6.92 Å². The molecular formula is C9H17N5O2. The van der Waals surface area contributed by atoms with Crippen molar-refractivity contribution in [3.8, 4) is 0 Å². The van der Waals surface area contributed by atoms with Crippen molar-refractivity contribution in [1.82, 2.24) is 9.97 Å². The first-order valence-electron chi connectivity index (χ1n) is 5.06. The monoisotopic (exact) mass is 227 g/mol. The number of hydrazine groups is 1. The van der Waals surface area contributed by atoms with Crippen LogP contribution in [0.5, 0.6) is 0 Å². The number of nitrogens with two attached hydrogens (primary N) is 1. The predicted octanol–water partition coefficient (Wildman–Crippen LogP) is -0.910. The molecule has 0 bridgehead atoms. The second-order valence-electron chi connectivity index (χ2n) is 3.26. The highest BCUT2D eigenvalue weighted by molar-refractivity contribution is 5.47. The van der Waals surface area contributed by atoms with Crippen LogP contribution in [-0.2, 0) is 6.42 Å². The molecule has 0 aromatic carbocycles. The fraction of sp³-hybridized carbons (Fsp3) is 0.556. The molecule has 0 saturated heterocycles. The van der Waals surface area contributed by atoms with Crippen LogP contribution in [0.3, 0.4) is 0 Å². The summed E-state index contributed by atoms with van der Waals surface area (Å²) >= 11 is 0. The zero-order valence-corrected chi connectivity index (χ0v) is 9.14. The third kappa shape index (κ3) is 3.30. The van der Waals surface area contributed by atoms with Crippen molar-refractivity contribution in [2.24, 2.45) is 5.84 Å². The lowest BCUT2D eigenvalue weighted by Crippen LogP contribution is -2.28. The van der Waals surface area contributed by atoms with E-state index in [1.54, 1.807) is 6.07 Å². The molecule has 0 aliphatic rings. The van der Waals surface area contributed by atoms with Crippen LogP contribution in [0, 0.1) is 0 Å². The van der Waals surface area contributed by atoms with E-state index in [-0.39, 0.29) is 13.2 Å². The minimum atomic E-state index is -0.440. The number of anilines is 2. The number of nitrogens with one attached hydrogen (secondary N) is 2. The number of aliphatic hydroxyl groups is 2. The predicted molar refractivity (Wildman–Crippen MR) is 60.8 cm³/mol. The van der Waals surface area contributed by atoms with E-state index < -0.39 is 6.04 Å². The second kappa shape index (κ2) is 6.21. The molecule has 1 rings (SSSR count). The Labute approximate surface area is 93.7 Å². The first-order valence-corrected chi connectivity index (χ1v) is 5.06. The molecule has 6 N–H and O–H groups in total. The summed E-state index contributed by atoms with van der Waals surface area (Å²) in [6.45, 7) is 1.58. The van der Waals surface area contributed by atoms with Crippen molar-refractivity contribution >= 4 is 11.6 Å². The van der Waals surface area contributed by atoms with Gasteiger partial charge in [0.1, 0.15) is 17.5 Å². The van der Waals surface area contributed by atoms with E-state index in [4.69, 9.17) is 16.1 Å². The van der Waals surface area contributed by atoms with Gasteiger partial charge in [0.15, 0.2) is 0 Å². The Morgan fingerprint density at radius 2 is 1.94 bits per heavy atom. The Hall–Kier alpha value is -1.44. The van der Waals surface area contributed by atoms with Gasteiger partial charge in [-0.25, -0.2) is 15.8 Å². The largest absolute Gasteiger partial charge is 0.394 e. The molecule has 0 amide bonds. The first-order chi connectivity index (χ1) is 7.73. The minimum Gasteiger partial charge on any atom is -0.394 e. The summed E-state index contributed by atoms with van der Waals surface area (Å²) in [5.74, 6) is 6.91. The van der Waals surface area contributed by atoms with Gasteiger partial charge in [0.2, 0.25) is 0 Å². The molecular weight excluding hydrogens is 210 g/mol. The molecule has 16 heavy (non-hydrogen) atoms. The number of nitrogen functional groups attached to an aromatic ring is 1. The minimum absolute atomic E-state index is 0.173. The van der Waals surface area contributed by atoms with Gasteiger partial charge in [-0.2, -0.15) is 0 Å². The molecule has 1 aromatic rings. The zero-order valence-electron chi connectivity index (χ0n) is 9.14. The topological polar surface area (TPSA) is 116 Å².